The smallest absolute Gasteiger partial charge is 0.472 e. The summed E-state index contributed by atoms with van der Waals surface area (Å²) < 4.78 is 26.9. The van der Waals surface area contributed by atoms with Gasteiger partial charge in [0, 0.05) is 12.8 Å². The second-order valence-corrected chi connectivity index (χ2v) is 18.4. The number of carbonyl (C=O) groups is 3. The van der Waals surface area contributed by atoms with Crippen LogP contribution in [-0.4, -0.2) is 64.9 Å². The van der Waals surface area contributed by atoms with Crippen molar-refractivity contribution in [3.05, 3.63) is 85.1 Å². The Balaban J connectivity index is 3.92. The van der Waals surface area contributed by atoms with Crippen LogP contribution in [0.3, 0.4) is 0 Å². The van der Waals surface area contributed by atoms with Gasteiger partial charge in [0.25, 0.3) is 0 Å². The topological polar surface area (TPSA) is 169 Å². The lowest BCUT2D eigenvalue weighted by Gasteiger charge is -2.18. The lowest BCUT2D eigenvalue weighted by atomic mass is 10.0. The van der Waals surface area contributed by atoms with E-state index in [2.05, 4.69) is 92.1 Å². The van der Waals surface area contributed by atoms with Gasteiger partial charge >= 0.3 is 19.8 Å². The van der Waals surface area contributed by atoms with Crippen LogP contribution in [0.25, 0.3) is 0 Å². The highest BCUT2D eigenvalue weighted by atomic mass is 31.2. The molecule has 11 nitrogen and oxygen atoms in total. The Morgan fingerprint density at radius 3 is 1.29 bits per heavy atom. The number of amides is 1. The van der Waals surface area contributed by atoms with Crippen LogP contribution in [0.5, 0.6) is 0 Å². The van der Waals surface area contributed by atoms with E-state index in [-0.39, 0.29) is 12.8 Å². The molecule has 0 fully saturated rings. The molecule has 0 saturated heterocycles. The van der Waals surface area contributed by atoms with Crippen molar-refractivity contribution in [2.45, 2.75) is 219 Å². The van der Waals surface area contributed by atoms with E-state index in [1.165, 1.54) is 96.3 Å². The number of nitrogens with one attached hydrogen (secondary N) is 1. The molecule has 0 spiro atoms. The fraction of sp³-hybridized carbons (Fsp3) is 0.685. The minimum atomic E-state index is -4.78. The number of aliphatic hydroxyl groups excluding tert-OH is 1. The van der Waals surface area contributed by atoms with Gasteiger partial charge in [-0.25, -0.2) is 9.36 Å². The fourth-order valence-electron chi connectivity index (χ4n) is 6.78. The maximum atomic E-state index is 12.4. The first-order chi connectivity index (χ1) is 32.1. The molecule has 3 unspecified atom stereocenters. The molecule has 4 N–H and O–H groups in total. The highest BCUT2D eigenvalue weighted by Crippen LogP contribution is 2.43. The number of phosphoric ester groups is 1. The Morgan fingerprint density at radius 2 is 0.879 bits per heavy atom. The molecule has 378 valence electrons. The Kier molecular flexibility index (Phi) is 45.7. The Hall–Kier alpha value is -3.34. The van der Waals surface area contributed by atoms with Crippen LogP contribution < -0.4 is 5.32 Å². The van der Waals surface area contributed by atoms with Crippen LogP contribution in [0.15, 0.2) is 85.1 Å². The summed E-state index contributed by atoms with van der Waals surface area (Å²) in [6, 6.07) is -1.56. The van der Waals surface area contributed by atoms with Gasteiger partial charge in [-0.05, 0) is 64.2 Å². The molecular formula is C54H92NO10P. The van der Waals surface area contributed by atoms with Crippen LogP contribution in [0.2, 0.25) is 0 Å². The number of unbranched alkanes of at least 4 members (excludes halogenated alkanes) is 19. The molecule has 12 heteroatoms. The number of aliphatic carboxylic acids is 1. The predicted molar refractivity (Wildman–Crippen MR) is 272 cm³/mol. The van der Waals surface area contributed by atoms with Crippen LogP contribution in [0, 0.1) is 0 Å². The molecule has 0 radical (unpaired) electrons. The number of carboxylic acid groups (broad SMARTS) is 1. The second kappa shape index (κ2) is 48.1. The molecular weight excluding hydrogens is 854 g/mol. The Morgan fingerprint density at radius 1 is 0.500 bits per heavy atom. The number of allylic oxidation sites excluding steroid dienone is 14. The molecule has 1 amide bonds. The summed E-state index contributed by atoms with van der Waals surface area (Å²) >= 11 is 0. The van der Waals surface area contributed by atoms with E-state index in [1.54, 1.807) is 0 Å². The predicted octanol–water partition coefficient (Wildman–Crippen LogP) is 14.2. The molecule has 0 heterocycles. The third kappa shape index (κ3) is 47.2. The van der Waals surface area contributed by atoms with E-state index in [9.17, 15) is 34.1 Å². The third-order valence-electron chi connectivity index (χ3n) is 10.7. The second-order valence-electron chi connectivity index (χ2n) is 17.0. The third-order valence-corrected chi connectivity index (χ3v) is 11.6. The number of carboxylic acids is 1. The maximum absolute atomic E-state index is 12.4. The first kappa shape index (κ1) is 62.7. The van der Waals surface area contributed by atoms with Crippen molar-refractivity contribution in [2.75, 3.05) is 19.8 Å². The van der Waals surface area contributed by atoms with Gasteiger partial charge in [-0.1, -0.05) is 214 Å². The molecule has 0 aromatic rings. The molecule has 0 aliphatic carbocycles. The van der Waals surface area contributed by atoms with Crippen molar-refractivity contribution in [2.24, 2.45) is 0 Å². The van der Waals surface area contributed by atoms with Crippen molar-refractivity contribution in [1.82, 2.24) is 5.32 Å². The monoisotopic (exact) mass is 946 g/mol. The number of esters is 1. The number of phosphoric acid groups is 1. The van der Waals surface area contributed by atoms with Crippen LogP contribution >= 0.6 is 7.82 Å². The number of aliphatic hydroxyl groups is 1. The van der Waals surface area contributed by atoms with Crippen LogP contribution in [0.1, 0.15) is 206 Å². The summed E-state index contributed by atoms with van der Waals surface area (Å²) in [6.45, 7) is 2.44. The molecule has 0 saturated carbocycles. The first-order valence-electron chi connectivity index (χ1n) is 25.6. The SMILES string of the molecule is CC/C=C\C/C=C\C/C=C\C/C=C\C/C=C\C/C=C\C/C=C\CCCC(=O)OCC(O)COP(=O)(O)OCC(NC(=O)CCCCCCCCCCCCCCCCCCCCC)C(=O)O. The highest BCUT2D eigenvalue weighted by Gasteiger charge is 2.28. The van der Waals surface area contributed by atoms with Gasteiger partial charge in [0.05, 0.1) is 13.2 Å². The van der Waals surface area contributed by atoms with E-state index in [4.69, 9.17) is 13.8 Å². The fourth-order valence-corrected chi connectivity index (χ4v) is 7.55. The van der Waals surface area contributed by atoms with E-state index in [0.29, 0.717) is 19.3 Å². The summed E-state index contributed by atoms with van der Waals surface area (Å²) in [5.41, 5.74) is 0. The molecule has 0 aromatic heterocycles. The Labute approximate surface area is 401 Å². The van der Waals surface area contributed by atoms with Gasteiger partial charge in [-0.3, -0.25) is 18.6 Å². The molecule has 0 aromatic carbocycles. The van der Waals surface area contributed by atoms with Crippen molar-refractivity contribution >= 4 is 25.7 Å². The van der Waals surface area contributed by atoms with Crippen LogP contribution in [-0.2, 0) is 32.7 Å². The van der Waals surface area contributed by atoms with Crippen molar-refractivity contribution in [1.29, 1.82) is 0 Å². The molecule has 3 atom stereocenters. The molecule has 0 bridgehead atoms. The summed E-state index contributed by atoms with van der Waals surface area (Å²) in [6.07, 6.45) is 60.4. The quantitative estimate of drug-likeness (QED) is 0.0199. The van der Waals surface area contributed by atoms with E-state index in [1.807, 2.05) is 12.2 Å². The largest absolute Gasteiger partial charge is 0.480 e. The zero-order valence-corrected chi connectivity index (χ0v) is 42.1. The number of hydrogen-bond donors (Lipinski definition) is 4. The number of hydrogen-bond acceptors (Lipinski definition) is 8. The Bertz CT molecular complexity index is 1440. The summed E-state index contributed by atoms with van der Waals surface area (Å²) in [5.74, 6) is -2.44. The summed E-state index contributed by atoms with van der Waals surface area (Å²) in [5, 5.41) is 21.9. The van der Waals surface area contributed by atoms with Gasteiger partial charge in [-0.15, -0.1) is 0 Å². The number of ether oxygens (including phenoxy) is 1. The average molecular weight is 946 g/mol. The van der Waals surface area contributed by atoms with Gasteiger partial charge in [-0.2, -0.15) is 0 Å². The summed E-state index contributed by atoms with van der Waals surface area (Å²) in [4.78, 5) is 46.1. The summed E-state index contributed by atoms with van der Waals surface area (Å²) in [7, 11) is -4.78. The van der Waals surface area contributed by atoms with Gasteiger partial charge in [0.15, 0.2) is 6.04 Å². The lowest BCUT2D eigenvalue weighted by Crippen LogP contribution is -2.43. The van der Waals surface area contributed by atoms with Crippen molar-refractivity contribution < 1.29 is 47.8 Å². The normalized spacial score (nSPS) is 14.2. The maximum Gasteiger partial charge on any atom is 0.472 e. The van der Waals surface area contributed by atoms with Crippen molar-refractivity contribution in [3.63, 3.8) is 0 Å². The van der Waals surface area contributed by atoms with Gasteiger partial charge in [0.1, 0.15) is 12.7 Å². The minimum absolute atomic E-state index is 0.140. The van der Waals surface area contributed by atoms with Crippen LogP contribution in [0.4, 0.5) is 0 Å². The van der Waals surface area contributed by atoms with Crippen molar-refractivity contribution in [3.8, 4) is 0 Å². The average Bonchev–Trinajstić information content (AvgIpc) is 3.29. The molecule has 66 heavy (non-hydrogen) atoms. The molecule has 0 aliphatic heterocycles. The van der Waals surface area contributed by atoms with E-state index in [0.717, 1.165) is 64.2 Å². The highest BCUT2D eigenvalue weighted by molar-refractivity contribution is 7.47. The van der Waals surface area contributed by atoms with E-state index >= 15 is 0 Å². The minimum Gasteiger partial charge on any atom is -0.480 e. The van der Waals surface area contributed by atoms with E-state index < -0.39 is 57.6 Å². The molecule has 0 aliphatic rings. The first-order valence-corrected chi connectivity index (χ1v) is 27.1. The van der Waals surface area contributed by atoms with Gasteiger partial charge < -0.3 is 25.2 Å². The zero-order chi connectivity index (χ0) is 48.4. The zero-order valence-electron chi connectivity index (χ0n) is 41.2. The molecule has 0 rings (SSSR count). The number of carbonyl (C=O) groups excluding carboxylic acids is 2. The lowest BCUT2D eigenvalue weighted by molar-refractivity contribution is -0.147. The van der Waals surface area contributed by atoms with Gasteiger partial charge in [0.2, 0.25) is 5.91 Å². The standard InChI is InChI=1S/C54H92NO10P/c1-3-5-7-9-11-13-15-17-19-21-23-24-25-26-28-30-32-34-36-38-40-42-44-46-53(58)63-47-50(56)48-64-66(61,62)65-49-51(54(59)60)55-52(57)45-43-41-39-37-35-33-31-29-27-22-20-18-16-14-12-10-8-6-4-2/h5,7,11,13,17,19,23-24,26,28,32,34,38,40,50-51,56H,3-4,6,8-10,12,14-16,18,20-22,25,27,29-31,33,35-37,39,41-49H2,1-2H3,(H,55,57)(H,59,60)(H,61,62)/b7-5-,13-11-,19-17-,24-23-,28-26-,34-32-,40-38-. The number of rotatable bonds is 47.